The summed E-state index contributed by atoms with van der Waals surface area (Å²) in [6, 6.07) is 0. The monoisotopic (exact) mass is 218 g/mol. The molecule has 0 saturated carbocycles. The van der Waals surface area contributed by atoms with Gasteiger partial charge in [0.1, 0.15) is 0 Å². The van der Waals surface area contributed by atoms with E-state index in [2.05, 4.69) is 4.99 Å². The summed E-state index contributed by atoms with van der Waals surface area (Å²) in [7, 11) is 0. The average molecular weight is 218 g/mol. The molecule has 2 heterocycles. The van der Waals surface area contributed by atoms with Crippen LogP contribution >= 0.6 is 0 Å². The molecule has 0 spiro atoms. The highest BCUT2D eigenvalue weighted by Crippen LogP contribution is 2.20. The van der Waals surface area contributed by atoms with E-state index >= 15 is 0 Å². The van der Waals surface area contributed by atoms with Gasteiger partial charge in [-0.15, -0.1) is 0 Å². The maximum Gasteiger partial charge on any atom is 0.364 e. The van der Waals surface area contributed by atoms with Crippen LogP contribution in [-0.2, 0) is 14.3 Å². The number of nitrogens with zero attached hydrogens (tertiary/aromatic N) is 2. The fourth-order valence-corrected chi connectivity index (χ4v) is 1.39. The molecular formula is C11H10N2O3. The molecule has 2 aliphatic heterocycles. The van der Waals surface area contributed by atoms with Crippen LogP contribution in [0.2, 0.25) is 0 Å². The summed E-state index contributed by atoms with van der Waals surface area (Å²) < 4.78 is 4.81. The lowest BCUT2D eigenvalue weighted by atomic mass is 10.1. The van der Waals surface area contributed by atoms with Crippen LogP contribution in [0.25, 0.3) is 0 Å². The molecule has 2 rings (SSSR count). The maximum atomic E-state index is 11.4. The Hall–Kier alpha value is -2.17. The normalized spacial score (nSPS) is 19.0. The van der Waals surface area contributed by atoms with Gasteiger partial charge in [-0.2, -0.15) is 0 Å². The van der Waals surface area contributed by atoms with Crippen molar-refractivity contribution in [3.63, 3.8) is 0 Å². The summed E-state index contributed by atoms with van der Waals surface area (Å²) in [6.07, 6.45) is 6.47. The third-order valence-electron chi connectivity index (χ3n) is 2.17. The van der Waals surface area contributed by atoms with Crippen molar-refractivity contribution < 1.29 is 14.3 Å². The first-order valence-corrected chi connectivity index (χ1v) is 4.75. The second kappa shape index (κ2) is 3.77. The molecule has 0 atom stereocenters. The molecule has 82 valence electrons. The van der Waals surface area contributed by atoms with Gasteiger partial charge in [0.05, 0.1) is 0 Å². The molecular weight excluding hydrogens is 208 g/mol. The summed E-state index contributed by atoms with van der Waals surface area (Å²) in [6.45, 7) is 3.07. The predicted octanol–water partition coefficient (Wildman–Crippen LogP) is 1.11. The molecule has 2 aliphatic rings. The number of amides is 1. The Labute approximate surface area is 92.4 Å². The number of rotatable bonds is 0. The minimum absolute atomic E-state index is 0.0924. The minimum atomic E-state index is -0.460. The largest absolute Gasteiger partial charge is 0.407 e. The molecule has 16 heavy (non-hydrogen) atoms. The van der Waals surface area contributed by atoms with Crippen molar-refractivity contribution in [2.24, 2.45) is 4.99 Å². The number of hydrogen-bond acceptors (Lipinski definition) is 4. The zero-order valence-corrected chi connectivity index (χ0v) is 8.93. The number of esters is 1. The van der Waals surface area contributed by atoms with Crippen molar-refractivity contribution >= 4 is 17.8 Å². The summed E-state index contributed by atoms with van der Waals surface area (Å²) in [5.74, 6) is -0.216. The lowest BCUT2D eigenvalue weighted by molar-refractivity contribution is -0.130. The third kappa shape index (κ3) is 1.79. The van der Waals surface area contributed by atoms with Crippen LogP contribution in [0.3, 0.4) is 0 Å². The van der Waals surface area contributed by atoms with E-state index in [9.17, 15) is 9.59 Å². The number of carbonyl (C=O) groups excluding carboxylic acids is 2. The highest BCUT2D eigenvalue weighted by Gasteiger charge is 2.23. The summed E-state index contributed by atoms with van der Waals surface area (Å²) in [5.41, 5.74) is 0.910. The van der Waals surface area contributed by atoms with E-state index in [4.69, 9.17) is 4.74 Å². The molecule has 0 aliphatic carbocycles. The van der Waals surface area contributed by atoms with E-state index in [1.165, 1.54) is 11.8 Å². The topological polar surface area (TPSA) is 59.0 Å². The first-order valence-electron chi connectivity index (χ1n) is 4.75. The second-order valence-electron chi connectivity index (χ2n) is 3.38. The number of allylic oxidation sites excluding steroid dienone is 3. The molecule has 0 aromatic rings. The first-order chi connectivity index (χ1) is 7.58. The fraction of sp³-hybridized carbons (Fsp3) is 0.182. The standard InChI is InChI=1S/C11H10N2O3/c1-7-12-10(11(15)16-7)9-3-5-13(6-4-9)8(2)14/h3-6H,1-2H3. The van der Waals surface area contributed by atoms with Gasteiger partial charge >= 0.3 is 5.97 Å². The van der Waals surface area contributed by atoms with E-state index in [0.717, 1.165) is 0 Å². The van der Waals surface area contributed by atoms with Gasteiger partial charge in [-0.05, 0) is 12.2 Å². The first kappa shape index (κ1) is 10.4. The van der Waals surface area contributed by atoms with Gasteiger partial charge in [-0.3, -0.25) is 9.69 Å². The number of hydrogen-bond donors (Lipinski definition) is 0. The van der Waals surface area contributed by atoms with Gasteiger partial charge in [-0.25, -0.2) is 9.79 Å². The smallest absolute Gasteiger partial charge is 0.364 e. The van der Waals surface area contributed by atoms with Crippen molar-refractivity contribution in [2.45, 2.75) is 13.8 Å². The quantitative estimate of drug-likeness (QED) is 0.452. The average Bonchev–Trinajstić information content (AvgIpc) is 2.58. The Bertz CT molecular complexity index is 467. The van der Waals surface area contributed by atoms with E-state index in [1.54, 1.807) is 31.5 Å². The van der Waals surface area contributed by atoms with Crippen molar-refractivity contribution in [1.29, 1.82) is 0 Å². The molecule has 0 radical (unpaired) electrons. The van der Waals surface area contributed by atoms with Crippen LogP contribution in [-0.4, -0.2) is 22.7 Å². The number of aliphatic imine (C=N–C) groups is 1. The van der Waals surface area contributed by atoms with E-state index < -0.39 is 5.97 Å². The minimum Gasteiger partial charge on any atom is -0.407 e. The van der Waals surface area contributed by atoms with Gasteiger partial charge in [-0.1, -0.05) is 0 Å². The summed E-state index contributed by atoms with van der Waals surface area (Å²) in [4.78, 5) is 27.8. The van der Waals surface area contributed by atoms with Crippen LogP contribution in [0.4, 0.5) is 0 Å². The Morgan fingerprint density at radius 1 is 1.38 bits per heavy atom. The lowest BCUT2D eigenvalue weighted by Crippen LogP contribution is -2.17. The van der Waals surface area contributed by atoms with E-state index in [0.29, 0.717) is 11.5 Å². The molecule has 0 bridgehead atoms. The molecule has 0 fully saturated rings. The molecule has 0 aromatic carbocycles. The van der Waals surface area contributed by atoms with Crippen LogP contribution in [0.5, 0.6) is 0 Å². The summed E-state index contributed by atoms with van der Waals surface area (Å²) in [5, 5.41) is 0. The van der Waals surface area contributed by atoms with Crippen LogP contribution in [0, 0.1) is 0 Å². The van der Waals surface area contributed by atoms with Crippen LogP contribution in [0.1, 0.15) is 13.8 Å². The summed E-state index contributed by atoms with van der Waals surface area (Å²) >= 11 is 0. The van der Waals surface area contributed by atoms with Crippen molar-refractivity contribution in [3.05, 3.63) is 35.8 Å². The predicted molar refractivity (Wildman–Crippen MR) is 57.0 cm³/mol. The Morgan fingerprint density at radius 2 is 2.00 bits per heavy atom. The van der Waals surface area contributed by atoms with Crippen molar-refractivity contribution in [1.82, 2.24) is 4.90 Å². The second-order valence-corrected chi connectivity index (χ2v) is 3.38. The molecule has 0 saturated heterocycles. The van der Waals surface area contributed by atoms with Gasteiger partial charge in [0.2, 0.25) is 5.91 Å². The fourth-order valence-electron chi connectivity index (χ4n) is 1.39. The molecule has 0 N–H and O–H groups in total. The van der Waals surface area contributed by atoms with Gasteiger partial charge in [0.15, 0.2) is 11.6 Å². The maximum absolute atomic E-state index is 11.4. The Morgan fingerprint density at radius 3 is 2.44 bits per heavy atom. The highest BCUT2D eigenvalue weighted by atomic mass is 16.6. The van der Waals surface area contributed by atoms with E-state index in [1.807, 2.05) is 0 Å². The Balaban J connectivity index is 2.30. The third-order valence-corrected chi connectivity index (χ3v) is 2.17. The van der Waals surface area contributed by atoms with Crippen molar-refractivity contribution in [3.8, 4) is 0 Å². The molecule has 1 amide bonds. The zero-order chi connectivity index (χ0) is 11.7. The molecule has 0 aromatic heterocycles. The number of cyclic esters (lactones) is 1. The SMILES string of the molecule is CC(=O)N1C=CC(=C2N=C(C)OC2=O)C=C1. The molecule has 0 unspecified atom stereocenters. The van der Waals surface area contributed by atoms with Crippen LogP contribution < -0.4 is 0 Å². The lowest BCUT2D eigenvalue weighted by Gasteiger charge is -2.14. The number of ether oxygens (including phenoxy) is 1. The van der Waals surface area contributed by atoms with Crippen LogP contribution in [0.15, 0.2) is 40.8 Å². The zero-order valence-electron chi connectivity index (χ0n) is 8.93. The van der Waals surface area contributed by atoms with Gasteiger partial charge in [0.25, 0.3) is 0 Å². The highest BCUT2D eigenvalue weighted by molar-refractivity contribution is 6.04. The Kier molecular flexibility index (Phi) is 2.44. The van der Waals surface area contributed by atoms with Gasteiger partial charge < -0.3 is 4.74 Å². The molecule has 5 nitrogen and oxygen atoms in total. The van der Waals surface area contributed by atoms with Gasteiger partial charge in [0, 0.05) is 31.8 Å². The number of carbonyl (C=O) groups is 2. The molecule has 5 heteroatoms. The van der Waals surface area contributed by atoms with Crippen molar-refractivity contribution in [2.75, 3.05) is 0 Å². The van der Waals surface area contributed by atoms with E-state index in [-0.39, 0.29) is 11.6 Å².